The lowest BCUT2D eigenvalue weighted by molar-refractivity contribution is -0.117. The summed E-state index contributed by atoms with van der Waals surface area (Å²) in [5, 5.41) is 0. The number of benzene rings is 1. The molecule has 0 unspecified atom stereocenters. The molecule has 1 aromatic carbocycles. The number of imidazole rings is 1. The molecule has 0 saturated carbocycles. The van der Waals surface area contributed by atoms with Crippen LogP contribution in [0.25, 0.3) is 16.8 Å². The number of carbonyl (C=O) groups is 1. The van der Waals surface area contributed by atoms with Crippen molar-refractivity contribution in [1.82, 2.24) is 14.0 Å². The highest BCUT2D eigenvalue weighted by molar-refractivity contribution is 5.80. The first-order valence-electron chi connectivity index (χ1n) is 6.05. The van der Waals surface area contributed by atoms with E-state index in [1.165, 1.54) is 13.0 Å². The van der Waals surface area contributed by atoms with Crippen LogP contribution in [0.2, 0.25) is 0 Å². The Hall–Kier alpha value is -2.43. The zero-order valence-electron chi connectivity index (χ0n) is 10.8. The van der Waals surface area contributed by atoms with Gasteiger partial charge in [-0.1, -0.05) is 12.1 Å². The molecule has 0 radical (unpaired) electrons. The number of aryl methyl sites for hydroxylation is 1. The maximum absolute atomic E-state index is 12.1. The molecule has 0 amide bonds. The molecular formula is C14H13N3O2. The summed E-state index contributed by atoms with van der Waals surface area (Å²) in [6.07, 6.45) is 0. The average Bonchev–Trinajstić information content (AvgIpc) is 2.73. The number of hydrogen-bond donors (Lipinski definition) is 0. The van der Waals surface area contributed by atoms with Crippen molar-refractivity contribution < 1.29 is 4.79 Å². The quantitative estimate of drug-likeness (QED) is 0.698. The van der Waals surface area contributed by atoms with Gasteiger partial charge in [-0.2, -0.15) is 0 Å². The third-order valence-corrected chi connectivity index (χ3v) is 3.14. The van der Waals surface area contributed by atoms with E-state index in [1.807, 2.05) is 31.2 Å². The highest BCUT2D eigenvalue weighted by Crippen LogP contribution is 2.15. The Morgan fingerprint density at radius 1 is 1.32 bits per heavy atom. The number of para-hydroxylation sites is 2. The topological polar surface area (TPSA) is 56.4 Å². The zero-order valence-corrected chi connectivity index (χ0v) is 10.8. The van der Waals surface area contributed by atoms with E-state index in [9.17, 15) is 9.59 Å². The molecule has 0 aliphatic rings. The minimum atomic E-state index is -0.124. The van der Waals surface area contributed by atoms with E-state index >= 15 is 0 Å². The van der Waals surface area contributed by atoms with Crippen LogP contribution in [-0.4, -0.2) is 19.7 Å². The largest absolute Gasteiger partial charge is 0.308 e. The summed E-state index contributed by atoms with van der Waals surface area (Å²) in [7, 11) is 0. The molecule has 0 bridgehead atoms. The van der Waals surface area contributed by atoms with Gasteiger partial charge in [-0.15, -0.1) is 0 Å². The maximum atomic E-state index is 12.1. The molecular weight excluding hydrogens is 242 g/mol. The minimum absolute atomic E-state index is 0.0284. The van der Waals surface area contributed by atoms with Crippen molar-refractivity contribution in [2.45, 2.75) is 20.4 Å². The lowest BCUT2D eigenvalue weighted by Crippen LogP contribution is -2.21. The molecule has 0 spiro atoms. The molecule has 5 nitrogen and oxygen atoms in total. The number of rotatable bonds is 2. The van der Waals surface area contributed by atoms with Crippen molar-refractivity contribution >= 4 is 22.6 Å². The summed E-state index contributed by atoms with van der Waals surface area (Å²) in [5.74, 6) is 0.544. The first kappa shape index (κ1) is 11.6. The van der Waals surface area contributed by atoms with Crippen LogP contribution in [0.15, 0.2) is 35.1 Å². The highest BCUT2D eigenvalue weighted by atomic mass is 16.1. The van der Waals surface area contributed by atoms with Gasteiger partial charge in [-0.3, -0.25) is 9.59 Å². The fraction of sp³-hybridized carbons (Fsp3) is 0.214. The van der Waals surface area contributed by atoms with Crippen molar-refractivity contribution in [3.8, 4) is 0 Å². The monoisotopic (exact) mass is 255 g/mol. The summed E-state index contributed by atoms with van der Waals surface area (Å²) >= 11 is 0. The Bertz CT molecular complexity index is 858. The Kier molecular flexibility index (Phi) is 2.48. The lowest BCUT2D eigenvalue weighted by atomic mass is 10.3. The summed E-state index contributed by atoms with van der Waals surface area (Å²) in [4.78, 5) is 28.0. The number of nitrogens with zero attached hydrogens (tertiary/aromatic N) is 3. The first-order valence-corrected chi connectivity index (χ1v) is 6.05. The van der Waals surface area contributed by atoms with Crippen molar-refractivity contribution in [1.29, 1.82) is 0 Å². The molecule has 3 aromatic rings. The van der Waals surface area contributed by atoms with Gasteiger partial charge in [-0.25, -0.2) is 9.38 Å². The van der Waals surface area contributed by atoms with E-state index < -0.39 is 0 Å². The predicted octanol–water partition coefficient (Wildman–Crippen LogP) is 1.55. The van der Waals surface area contributed by atoms with Gasteiger partial charge in [-0.05, 0) is 26.0 Å². The molecule has 3 rings (SSSR count). The minimum Gasteiger partial charge on any atom is -0.308 e. The number of ketones is 1. The van der Waals surface area contributed by atoms with E-state index in [0.717, 1.165) is 16.7 Å². The molecule has 0 N–H and O–H groups in total. The molecule has 19 heavy (non-hydrogen) atoms. The van der Waals surface area contributed by atoms with Gasteiger partial charge >= 0.3 is 0 Å². The average molecular weight is 255 g/mol. The van der Waals surface area contributed by atoms with Gasteiger partial charge in [0.15, 0.2) is 0 Å². The third kappa shape index (κ3) is 1.74. The SMILES string of the molecule is CC(=O)Cn1c(C)cc(=O)n2c3ccccc3nc12. The van der Waals surface area contributed by atoms with Crippen LogP contribution >= 0.6 is 0 Å². The second-order valence-corrected chi connectivity index (χ2v) is 4.65. The van der Waals surface area contributed by atoms with Crippen molar-refractivity contribution in [2.24, 2.45) is 0 Å². The van der Waals surface area contributed by atoms with Crippen LogP contribution in [0.5, 0.6) is 0 Å². The molecule has 0 fully saturated rings. The number of fused-ring (bicyclic) bond motifs is 3. The van der Waals surface area contributed by atoms with Crippen LogP contribution in [0.3, 0.4) is 0 Å². The van der Waals surface area contributed by atoms with Gasteiger partial charge in [0.2, 0.25) is 5.78 Å². The Labute approximate surface area is 109 Å². The Morgan fingerprint density at radius 2 is 2.05 bits per heavy atom. The summed E-state index contributed by atoms with van der Waals surface area (Å²) in [6.45, 7) is 3.55. The normalized spacial score (nSPS) is 11.3. The van der Waals surface area contributed by atoms with Crippen molar-refractivity contribution in [2.75, 3.05) is 0 Å². The highest BCUT2D eigenvalue weighted by Gasteiger charge is 2.12. The Balaban J connectivity index is 2.50. The van der Waals surface area contributed by atoms with Crippen molar-refractivity contribution in [3.05, 3.63) is 46.4 Å². The van der Waals surface area contributed by atoms with E-state index in [1.54, 1.807) is 8.97 Å². The third-order valence-electron chi connectivity index (χ3n) is 3.14. The van der Waals surface area contributed by atoms with E-state index in [-0.39, 0.29) is 17.9 Å². The maximum Gasteiger partial charge on any atom is 0.259 e. The lowest BCUT2D eigenvalue weighted by Gasteiger charge is -2.09. The van der Waals surface area contributed by atoms with Crippen LogP contribution in [0.4, 0.5) is 0 Å². The van der Waals surface area contributed by atoms with Crippen LogP contribution in [0.1, 0.15) is 12.6 Å². The molecule has 5 heteroatoms. The zero-order chi connectivity index (χ0) is 13.6. The summed E-state index contributed by atoms with van der Waals surface area (Å²) in [6, 6.07) is 8.98. The summed E-state index contributed by atoms with van der Waals surface area (Å²) < 4.78 is 3.31. The van der Waals surface area contributed by atoms with E-state index in [2.05, 4.69) is 4.98 Å². The van der Waals surface area contributed by atoms with E-state index in [4.69, 9.17) is 0 Å². The molecule has 0 aliphatic heterocycles. The second kappa shape index (κ2) is 4.05. The fourth-order valence-electron chi connectivity index (χ4n) is 2.31. The summed E-state index contributed by atoms with van der Waals surface area (Å²) in [5.41, 5.74) is 2.13. The molecule has 2 heterocycles. The van der Waals surface area contributed by atoms with Crippen LogP contribution in [-0.2, 0) is 11.3 Å². The standard InChI is InChI=1S/C14H13N3O2/c1-9-7-13(19)17-12-6-4-3-5-11(12)15-14(17)16(9)8-10(2)18/h3-7H,8H2,1-2H3. The molecule has 96 valence electrons. The predicted molar refractivity (Wildman–Crippen MR) is 72.4 cm³/mol. The number of Topliss-reactive ketones (excluding diaryl/α,β-unsaturated/α-hetero) is 1. The van der Waals surface area contributed by atoms with Gasteiger partial charge in [0.05, 0.1) is 17.6 Å². The van der Waals surface area contributed by atoms with Gasteiger partial charge in [0.25, 0.3) is 5.56 Å². The number of carbonyl (C=O) groups excluding carboxylic acids is 1. The first-order chi connectivity index (χ1) is 9.08. The number of aromatic nitrogens is 3. The fourth-order valence-corrected chi connectivity index (χ4v) is 2.31. The van der Waals surface area contributed by atoms with Crippen LogP contribution < -0.4 is 5.56 Å². The number of hydrogen-bond acceptors (Lipinski definition) is 3. The van der Waals surface area contributed by atoms with Gasteiger partial charge in [0.1, 0.15) is 5.78 Å². The smallest absolute Gasteiger partial charge is 0.259 e. The van der Waals surface area contributed by atoms with Crippen LogP contribution in [0, 0.1) is 6.92 Å². The molecule has 0 atom stereocenters. The van der Waals surface area contributed by atoms with Crippen molar-refractivity contribution in [3.63, 3.8) is 0 Å². The molecule has 2 aromatic heterocycles. The van der Waals surface area contributed by atoms with Gasteiger partial charge in [0, 0.05) is 11.8 Å². The molecule has 0 aliphatic carbocycles. The molecule has 0 saturated heterocycles. The van der Waals surface area contributed by atoms with Gasteiger partial charge < -0.3 is 4.57 Å². The van der Waals surface area contributed by atoms with E-state index in [0.29, 0.717) is 5.78 Å². The Morgan fingerprint density at radius 3 is 2.79 bits per heavy atom. The second-order valence-electron chi connectivity index (χ2n) is 4.65.